The van der Waals surface area contributed by atoms with Crippen molar-refractivity contribution >= 4 is 5.97 Å². The van der Waals surface area contributed by atoms with Gasteiger partial charge in [-0.15, -0.1) is 0 Å². The van der Waals surface area contributed by atoms with E-state index in [0.717, 1.165) is 57.2 Å². The number of rotatable bonds is 4. The summed E-state index contributed by atoms with van der Waals surface area (Å²) in [5.41, 5.74) is -0.371. The molecule has 17 heavy (non-hydrogen) atoms. The maximum atomic E-state index is 11.3. The van der Waals surface area contributed by atoms with E-state index in [4.69, 9.17) is 0 Å². The summed E-state index contributed by atoms with van der Waals surface area (Å²) in [6.07, 6.45) is 5.05. The minimum Gasteiger partial charge on any atom is -0.481 e. The van der Waals surface area contributed by atoms with Crippen molar-refractivity contribution in [3.05, 3.63) is 0 Å². The van der Waals surface area contributed by atoms with Gasteiger partial charge in [0.25, 0.3) is 0 Å². The highest BCUT2D eigenvalue weighted by atomic mass is 16.4. The summed E-state index contributed by atoms with van der Waals surface area (Å²) in [7, 11) is 0. The van der Waals surface area contributed by atoms with E-state index in [1.54, 1.807) is 0 Å². The number of nitrogens with zero attached hydrogens (tertiary/aromatic N) is 1. The summed E-state index contributed by atoms with van der Waals surface area (Å²) >= 11 is 0. The Bertz CT molecular complexity index is 276. The molecule has 2 rings (SSSR count). The quantitative estimate of drug-likeness (QED) is 0.820. The number of carboxylic acid groups (broad SMARTS) is 1. The maximum Gasteiger partial charge on any atom is 0.309 e. The second-order valence-corrected chi connectivity index (χ2v) is 6.39. The monoisotopic (exact) mass is 239 g/mol. The fourth-order valence-corrected chi connectivity index (χ4v) is 3.52. The summed E-state index contributed by atoms with van der Waals surface area (Å²) in [5, 5.41) is 9.30. The second kappa shape index (κ2) is 4.97. The van der Waals surface area contributed by atoms with Crippen molar-refractivity contribution in [1.82, 2.24) is 4.90 Å². The fraction of sp³-hybridized carbons (Fsp3) is 0.929. The number of carbonyl (C=O) groups is 1. The Hall–Kier alpha value is -0.570. The SMILES string of the molecule is CC1CC(C)CN(CCC2(C(=O)O)CCC2)C1. The summed E-state index contributed by atoms with van der Waals surface area (Å²) in [6.45, 7) is 7.89. The molecular weight excluding hydrogens is 214 g/mol. The third-order valence-electron chi connectivity index (χ3n) is 4.62. The number of likely N-dealkylation sites (tertiary alicyclic amines) is 1. The molecule has 1 heterocycles. The van der Waals surface area contributed by atoms with Gasteiger partial charge >= 0.3 is 5.97 Å². The van der Waals surface area contributed by atoms with E-state index in [9.17, 15) is 9.90 Å². The topological polar surface area (TPSA) is 40.5 Å². The van der Waals surface area contributed by atoms with Crippen molar-refractivity contribution in [3.8, 4) is 0 Å². The molecule has 2 atom stereocenters. The van der Waals surface area contributed by atoms with E-state index < -0.39 is 5.97 Å². The highest BCUT2D eigenvalue weighted by Gasteiger charge is 2.44. The van der Waals surface area contributed by atoms with Gasteiger partial charge in [0, 0.05) is 13.1 Å². The molecule has 3 nitrogen and oxygen atoms in total. The average molecular weight is 239 g/mol. The molecule has 0 radical (unpaired) electrons. The highest BCUT2D eigenvalue weighted by Crippen LogP contribution is 2.44. The van der Waals surface area contributed by atoms with Crippen molar-refractivity contribution in [2.75, 3.05) is 19.6 Å². The van der Waals surface area contributed by atoms with Gasteiger partial charge in [-0.25, -0.2) is 0 Å². The number of carboxylic acids is 1. The van der Waals surface area contributed by atoms with E-state index >= 15 is 0 Å². The Balaban J connectivity index is 1.83. The molecule has 1 aliphatic heterocycles. The molecule has 0 bridgehead atoms. The van der Waals surface area contributed by atoms with Crippen LogP contribution in [0, 0.1) is 17.3 Å². The molecule has 0 aromatic carbocycles. The lowest BCUT2D eigenvalue weighted by molar-refractivity contribution is -0.155. The standard InChI is InChI=1S/C14H25NO2/c1-11-8-12(2)10-15(9-11)7-6-14(13(16)17)4-3-5-14/h11-12H,3-10H2,1-2H3,(H,16,17). The van der Waals surface area contributed by atoms with Crippen molar-refractivity contribution in [1.29, 1.82) is 0 Å². The van der Waals surface area contributed by atoms with Crippen LogP contribution in [0.15, 0.2) is 0 Å². The molecule has 0 aromatic rings. The molecule has 1 N–H and O–H groups in total. The summed E-state index contributed by atoms with van der Waals surface area (Å²) in [4.78, 5) is 13.8. The molecule has 1 saturated carbocycles. The van der Waals surface area contributed by atoms with Crippen LogP contribution < -0.4 is 0 Å². The van der Waals surface area contributed by atoms with Crippen LogP contribution in [-0.2, 0) is 4.79 Å². The average Bonchev–Trinajstić information content (AvgIpc) is 2.13. The predicted molar refractivity (Wildman–Crippen MR) is 67.9 cm³/mol. The lowest BCUT2D eigenvalue weighted by atomic mass is 9.66. The van der Waals surface area contributed by atoms with Gasteiger partial charge in [0.2, 0.25) is 0 Å². The third-order valence-corrected chi connectivity index (χ3v) is 4.62. The minimum absolute atomic E-state index is 0.371. The largest absolute Gasteiger partial charge is 0.481 e. The van der Waals surface area contributed by atoms with Gasteiger partial charge < -0.3 is 10.0 Å². The van der Waals surface area contributed by atoms with Crippen LogP contribution in [-0.4, -0.2) is 35.6 Å². The molecular formula is C14H25NO2. The maximum absolute atomic E-state index is 11.3. The molecule has 0 aromatic heterocycles. The van der Waals surface area contributed by atoms with Gasteiger partial charge in [0.05, 0.1) is 5.41 Å². The summed E-state index contributed by atoms with van der Waals surface area (Å²) in [5.74, 6) is 0.962. The number of hydrogen-bond donors (Lipinski definition) is 1. The zero-order valence-corrected chi connectivity index (χ0v) is 11.1. The predicted octanol–water partition coefficient (Wildman–Crippen LogP) is 2.61. The normalized spacial score (nSPS) is 33.1. The van der Waals surface area contributed by atoms with Crippen LogP contribution in [0.3, 0.4) is 0 Å². The van der Waals surface area contributed by atoms with Gasteiger partial charge in [0.15, 0.2) is 0 Å². The number of piperidine rings is 1. The molecule has 3 heteroatoms. The third kappa shape index (κ3) is 2.82. The molecule has 0 amide bonds. The van der Waals surface area contributed by atoms with Crippen LogP contribution >= 0.6 is 0 Å². The zero-order chi connectivity index (χ0) is 12.5. The molecule has 2 unspecified atom stereocenters. The van der Waals surface area contributed by atoms with Crippen LogP contribution in [0.5, 0.6) is 0 Å². The van der Waals surface area contributed by atoms with E-state index in [2.05, 4.69) is 18.7 Å². The van der Waals surface area contributed by atoms with Crippen molar-refractivity contribution in [2.24, 2.45) is 17.3 Å². The summed E-state index contributed by atoms with van der Waals surface area (Å²) in [6, 6.07) is 0. The lowest BCUT2D eigenvalue weighted by Crippen LogP contribution is -2.44. The van der Waals surface area contributed by atoms with E-state index in [1.807, 2.05) is 0 Å². The lowest BCUT2D eigenvalue weighted by Gasteiger charge is -2.41. The van der Waals surface area contributed by atoms with Gasteiger partial charge in [-0.2, -0.15) is 0 Å². The van der Waals surface area contributed by atoms with Gasteiger partial charge in [0.1, 0.15) is 0 Å². The van der Waals surface area contributed by atoms with Crippen molar-refractivity contribution in [2.45, 2.75) is 46.0 Å². The smallest absolute Gasteiger partial charge is 0.309 e. The molecule has 0 spiro atoms. The van der Waals surface area contributed by atoms with Crippen molar-refractivity contribution in [3.63, 3.8) is 0 Å². The molecule has 2 fully saturated rings. The summed E-state index contributed by atoms with van der Waals surface area (Å²) < 4.78 is 0. The Labute approximate surface area is 104 Å². The van der Waals surface area contributed by atoms with Crippen molar-refractivity contribution < 1.29 is 9.90 Å². The number of hydrogen-bond acceptors (Lipinski definition) is 2. The first kappa shape index (κ1) is 12.9. The Morgan fingerprint density at radius 1 is 1.29 bits per heavy atom. The Kier molecular flexibility index (Phi) is 3.76. The van der Waals surface area contributed by atoms with E-state index in [1.165, 1.54) is 6.42 Å². The minimum atomic E-state index is -0.568. The van der Waals surface area contributed by atoms with Gasteiger partial charge in [-0.1, -0.05) is 20.3 Å². The first-order valence-electron chi connectivity index (χ1n) is 6.97. The van der Waals surface area contributed by atoms with Crippen LogP contribution in [0.1, 0.15) is 46.0 Å². The number of aliphatic carboxylic acids is 1. The fourth-order valence-electron chi connectivity index (χ4n) is 3.52. The van der Waals surface area contributed by atoms with Gasteiger partial charge in [-0.3, -0.25) is 4.79 Å². The molecule has 1 saturated heterocycles. The first-order valence-corrected chi connectivity index (χ1v) is 6.97. The Morgan fingerprint density at radius 2 is 1.88 bits per heavy atom. The zero-order valence-electron chi connectivity index (χ0n) is 11.1. The van der Waals surface area contributed by atoms with E-state index in [0.29, 0.717) is 0 Å². The molecule has 2 aliphatic rings. The molecule has 1 aliphatic carbocycles. The van der Waals surface area contributed by atoms with Crippen LogP contribution in [0.4, 0.5) is 0 Å². The van der Waals surface area contributed by atoms with Gasteiger partial charge in [-0.05, 0) is 44.1 Å². The van der Waals surface area contributed by atoms with Crippen LogP contribution in [0.25, 0.3) is 0 Å². The molecule has 98 valence electrons. The first-order chi connectivity index (χ1) is 8.02. The highest BCUT2D eigenvalue weighted by molar-refractivity contribution is 5.75. The van der Waals surface area contributed by atoms with E-state index in [-0.39, 0.29) is 5.41 Å². The van der Waals surface area contributed by atoms with Crippen LogP contribution in [0.2, 0.25) is 0 Å². The second-order valence-electron chi connectivity index (χ2n) is 6.39. The Morgan fingerprint density at radius 3 is 2.29 bits per heavy atom.